The normalized spacial score (nSPS) is 15.1. The molecular formula is C17H27ClN6O3. The largest absolute Gasteiger partial charge is 0.394 e. The fraction of sp³-hybridized carbons (Fsp3) is 0.471. The lowest BCUT2D eigenvalue weighted by atomic mass is 10.1. The van der Waals surface area contributed by atoms with Crippen molar-refractivity contribution in [2.45, 2.75) is 25.3 Å². The Labute approximate surface area is 164 Å². The SMILES string of the molecule is Cl.N=C(N)c1cccc(NC(CO)C(=O)NCC(=O)NN2CCCCC2)c1. The Kier molecular flexibility index (Phi) is 9.55. The molecule has 0 aromatic heterocycles. The Morgan fingerprint density at radius 2 is 1.96 bits per heavy atom. The summed E-state index contributed by atoms with van der Waals surface area (Å²) in [7, 11) is 0. The van der Waals surface area contributed by atoms with E-state index in [0.717, 1.165) is 32.4 Å². The molecule has 0 spiro atoms. The topological polar surface area (TPSA) is 144 Å². The van der Waals surface area contributed by atoms with Crippen molar-refractivity contribution in [1.82, 2.24) is 15.8 Å². The molecule has 1 heterocycles. The summed E-state index contributed by atoms with van der Waals surface area (Å²) < 4.78 is 0. The van der Waals surface area contributed by atoms with Crippen molar-refractivity contribution in [2.75, 3.05) is 31.6 Å². The smallest absolute Gasteiger partial charge is 0.253 e. The van der Waals surface area contributed by atoms with Gasteiger partial charge in [-0.3, -0.25) is 20.4 Å². The molecule has 9 nitrogen and oxygen atoms in total. The van der Waals surface area contributed by atoms with Gasteiger partial charge in [0, 0.05) is 24.3 Å². The number of nitrogen functional groups attached to an aromatic ring is 1. The van der Waals surface area contributed by atoms with Crippen LogP contribution in [0.4, 0.5) is 5.69 Å². The Balaban J connectivity index is 0.00000364. The van der Waals surface area contributed by atoms with E-state index in [9.17, 15) is 14.7 Å². The van der Waals surface area contributed by atoms with E-state index in [1.807, 2.05) is 5.01 Å². The van der Waals surface area contributed by atoms with Crippen LogP contribution in [-0.4, -0.2) is 60.0 Å². The molecular weight excluding hydrogens is 372 g/mol. The number of nitrogens with zero attached hydrogens (tertiary/aromatic N) is 1. The van der Waals surface area contributed by atoms with Crippen LogP contribution in [0.25, 0.3) is 0 Å². The zero-order valence-electron chi connectivity index (χ0n) is 15.0. The predicted molar refractivity (Wildman–Crippen MR) is 106 cm³/mol. The first kappa shape index (κ1) is 22.7. The molecule has 1 aromatic rings. The number of carbonyl (C=O) groups is 2. The number of nitrogens with two attached hydrogens (primary N) is 1. The highest BCUT2D eigenvalue weighted by Crippen LogP contribution is 2.11. The van der Waals surface area contributed by atoms with Crippen molar-refractivity contribution in [3.8, 4) is 0 Å². The minimum atomic E-state index is -0.917. The number of hydrogen-bond donors (Lipinski definition) is 6. The van der Waals surface area contributed by atoms with E-state index >= 15 is 0 Å². The van der Waals surface area contributed by atoms with Crippen LogP contribution in [0, 0.1) is 5.41 Å². The first-order valence-corrected chi connectivity index (χ1v) is 8.63. The van der Waals surface area contributed by atoms with Gasteiger partial charge in [0.05, 0.1) is 13.2 Å². The van der Waals surface area contributed by atoms with Gasteiger partial charge in [0.25, 0.3) is 5.91 Å². The van der Waals surface area contributed by atoms with Crippen LogP contribution in [0.3, 0.4) is 0 Å². The third kappa shape index (κ3) is 7.41. The molecule has 1 atom stereocenters. The van der Waals surface area contributed by atoms with Crippen LogP contribution in [0.1, 0.15) is 24.8 Å². The van der Waals surface area contributed by atoms with Crippen LogP contribution >= 0.6 is 12.4 Å². The van der Waals surface area contributed by atoms with Gasteiger partial charge in [-0.2, -0.15) is 0 Å². The lowest BCUT2D eigenvalue weighted by Gasteiger charge is -2.27. The maximum absolute atomic E-state index is 12.2. The van der Waals surface area contributed by atoms with Crippen LogP contribution in [0.2, 0.25) is 0 Å². The summed E-state index contributed by atoms with van der Waals surface area (Å²) in [5.41, 5.74) is 9.26. The molecule has 1 aliphatic heterocycles. The van der Waals surface area contributed by atoms with Gasteiger partial charge in [0.2, 0.25) is 5.91 Å². The van der Waals surface area contributed by atoms with E-state index in [4.69, 9.17) is 11.1 Å². The van der Waals surface area contributed by atoms with Crippen LogP contribution < -0.4 is 21.8 Å². The van der Waals surface area contributed by atoms with Gasteiger partial charge in [0.1, 0.15) is 11.9 Å². The number of aliphatic hydroxyl groups is 1. The molecule has 0 bridgehead atoms. The van der Waals surface area contributed by atoms with E-state index in [-0.39, 0.29) is 30.7 Å². The van der Waals surface area contributed by atoms with E-state index in [0.29, 0.717) is 11.3 Å². The number of benzene rings is 1. The number of amidine groups is 1. The first-order chi connectivity index (χ1) is 12.5. The van der Waals surface area contributed by atoms with Crippen molar-refractivity contribution >= 4 is 35.7 Å². The molecule has 0 aliphatic carbocycles. The number of nitrogens with one attached hydrogen (secondary N) is 4. The predicted octanol–water partition coefficient (Wildman–Crippen LogP) is -0.201. The summed E-state index contributed by atoms with van der Waals surface area (Å²) in [6, 6.07) is 5.76. The van der Waals surface area contributed by atoms with E-state index in [2.05, 4.69) is 16.1 Å². The van der Waals surface area contributed by atoms with Crippen LogP contribution in [0.15, 0.2) is 24.3 Å². The van der Waals surface area contributed by atoms with Gasteiger partial charge < -0.3 is 21.5 Å². The summed E-state index contributed by atoms with van der Waals surface area (Å²) in [5, 5.41) is 24.1. The van der Waals surface area contributed by atoms with Crippen molar-refractivity contribution in [2.24, 2.45) is 5.73 Å². The molecule has 27 heavy (non-hydrogen) atoms. The van der Waals surface area contributed by atoms with Gasteiger partial charge in [0.15, 0.2) is 0 Å². The summed E-state index contributed by atoms with van der Waals surface area (Å²) in [5.74, 6) is -0.877. The Morgan fingerprint density at radius 1 is 1.26 bits per heavy atom. The Morgan fingerprint density at radius 3 is 2.59 bits per heavy atom. The number of carbonyl (C=O) groups excluding carboxylic acids is 2. The molecule has 1 fully saturated rings. The minimum absolute atomic E-state index is 0. The number of halogens is 1. The second-order valence-electron chi connectivity index (χ2n) is 6.17. The molecule has 1 aliphatic rings. The molecule has 1 aromatic carbocycles. The molecule has 1 unspecified atom stereocenters. The maximum Gasteiger partial charge on any atom is 0.253 e. The highest BCUT2D eigenvalue weighted by molar-refractivity contribution is 5.96. The quantitative estimate of drug-likeness (QED) is 0.264. The zero-order chi connectivity index (χ0) is 18.9. The highest BCUT2D eigenvalue weighted by atomic mass is 35.5. The average molecular weight is 399 g/mol. The lowest BCUT2D eigenvalue weighted by Crippen LogP contribution is -2.50. The number of hydrazine groups is 1. The van der Waals surface area contributed by atoms with E-state index in [1.165, 1.54) is 0 Å². The monoisotopic (exact) mass is 398 g/mol. The lowest BCUT2D eigenvalue weighted by molar-refractivity contribution is -0.129. The number of rotatable bonds is 8. The zero-order valence-corrected chi connectivity index (χ0v) is 15.8. The molecule has 10 heteroatoms. The second-order valence-corrected chi connectivity index (χ2v) is 6.17. The van der Waals surface area contributed by atoms with Crippen molar-refractivity contribution < 1.29 is 14.7 Å². The molecule has 2 rings (SSSR count). The van der Waals surface area contributed by atoms with Gasteiger partial charge in [-0.05, 0) is 25.0 Å². The number of amides is 2. The average Bonchev–Trinajstić information content (AvgIpc) is 2.65. The summed E-state index contributed by atoms with van der Waals surface area (Å²) in [4.78, 5) is 24.1. The molecule has 150 valence electrons. The summed E-state index contributed by atoms with van der Waals surface area (Å²) in [6.07, 6.45) is 3.25. The van der Waals surface area contributed by atoms with Crippen LogP contribution in [0.5, 0.6) is 0 Å². The standard InChI is InChI=1S/C17H26N6O3.ClH/c18-16(19)12-5-4-6-13(9-12)21-14(11-24)17(26)20-10-15(25)22-23-7-2-1-3-8-23;/h4-6,9,14,21,24H,1-3,7-8,10-11H2,(H3,18,19)(H,20,26)(H,22,25);1H. The van der Waals surface area contributed by atoms with Gasteiger partial charge in [-0.15, -0.1) is 12.4 Å². The highest BCUT2D eigenvalue weighted by Gasteiger charge is 2.19. The van der Waals surface area contributed by atoms with Crippen molar-refractivity contribution in [3.63, 3.8) is 0 Å². The number of piperidine rings is 1. The molecule has 7 N–H and O–H groups in total. The van der Waals surface area contributed by atoms with Gasteiger partial charge >= 0.3 is 0 Å². The molecule has 0 saturated carbocycles. The third-order valence-corrected chi connectivity index (χ3v) is 4.08. The fourth-order valence-corrected chi connectivity index (χ4v) is 2.68. The maximum atomic E-state index is 12.2. The summed E-state index contributed by atoms with van der Waals surface area (Å²) >= 11 is 0. The molecule has 2 amide bonds. The number of aliphatic hydroxyl groups excluding tert-OH is 1. The molecule has 1 saturated heterocycles. The Bertz CT molecular complexity index is 651. The number of anilines is 1. The van der Waals surface area contributed by atoms with Gasteiger partial charge in [-0.1, -0.05) is 18.6 Å². The van der Waals surface area contributed by atoms with Crippen LogP contribution in [-0.2, 0) is 9.59 Å². The van der Waals surface area contributed by atoms with E-state index in [1.54, 1.807) is 24.3 Å². The molecule has 0 radical (unpaired) electrons. The van der Waals surface area contributed by atoms with Crippen molar-refractivity contribution in [3.05, 3.63) is 29.8 Å². The fourth-order valence-electron chi connectivity index (χ4n) is 2.68. The third-order valence-electron chi connectivity index (χ3n) is 4.08. The second kappa shape index (κ2) is 11.4. The van der Waals surface area contributed by atoms with E-state index < -0.39 is 18.6 Å². The Hall–Kier alpha value is -2.36. The summed E-state index contributed by atoms with van der Waals surface area (Å²) in [6.45, 7) is 1.02. The first-order valence-electron chi connectivity index (χ1n) is 8.63. The van der Waals surface area contributed by atoms with Crippen molar-refractivity contribution in [1.29, 1.82) is 5.41 Å². The van der Waals surface area contributed by atoms with Gasteiger partial charge in [-0.25, -0.2) is 5.01 Å². The minimum Gasteiger partial charge on any atom is -0.394 e. The number of hydrogen-bond acceptors (Lipinski definition) is 6.